The average molecular weight is 975 g/mol. The molecule has 0 saturated carbocycles. The lowest BCUT2D eigenvalue weighted by Gasteiger charge is -2.29. The molecule has 1 aliphatic rings. The van der Waals surface area contributed by atoms with Crippen LogP contribution in [-0.4, -0.2) is 132 Å². The molecule has 1 aliphatic heterocycles. The number of benzene rings is 3. The summed E-state index contributed by atoms with van der Waals surface area (Å²) in [5.74, 6) is -1.12. The summed E-state index contributed by atoms with van der Waals surface area (Å²) in [6.07, 6.45) is 3.89. The molecule has 17 nitrogen and oxygen atoms in total. The molecular weight excluding hydrogens is 917 g/mol. The van der Waals surface area contributed by atoms with Crippen LogP contribution in [0.3, 0.4) is 0 Å². The Balaban J connectivity index is 0.837. The highest BCUT2D eigenvalue weighted by molar-refractivity contribution is 7.13. The van der Waals surface area contributed by atoms with Gasteiger partial charge in [0.15, 0.2) is 0 Å². The Hall–Kier alpha value is -6.09. The summed E-state index contributed by atoms with van der Waals surface area (Å²) < 4.78 is 30.7. The second kappa shape index (κ2) is 24.3. The first kappa shape index (κ1) is 51.3. The second-order valence-corrected chi connectivity index (χ2v) is 18.4. The monoisotopic (exact) mass is 973 g/mol. The molecule has 6 rings (SSSR count). The van der Waals surface area contributed by atoms with E-state index in [1.165, 1.54) is 36.5 Å². The van der Waals surface area contributed by atoms with Crippen LogP contribution in [0.5, 0.6) is 5.75 Å². The molecule has 3 heterocycles. The van der Waals surface area contributed by atoms with Crippen LogP contribution >= 0.6 is 22.9 Å². The fourth-order valence-electron chi connectivity index (χ4n) is 7.33. The molecule has 0 bridgehead atoms. The summed E-state index contributed by atoms with van der Waals surface area (Å²) in [5.41, 5.74) is 5.47. The van der Waals surface area contributed by atoms with Crippen molar-refractivity contribution in [3.05, 3.63) is 101 Å². The van der Waals surface area contributed by atoms with Crippen LogP contribution in [0.2, 0.25) is 5.02 Å². The van der Waals surface area contributed by atoms with Gasteiger partial charge < -0.3 is 50.4 Å². The number of nitrogens with zero attached hydrogens (tertiary/aromatic N) is 5. The molecule has 2 aromatic heterocycles. The van der Waals surface area contributed by atoms with Gasteiger partial charge in [0.2, 0.25) is 23.6 Å². The van der Waals surface area contributed by atoms with Gasteiger partial charge in [-0.2, -0.15) is 0 Å². The number of hydrogen-bond donors (Lipinski definition) is 5. The third kappa shape index (κ3) is 14.7. The van der Waals surface area contributed by atoms with E-state index in [0.29, 0.717) is 53.5 Å². The average Bonchev–Trinajstić information content (AvgIpc) is 3.93. The summed E-state index contributed by atoms with van der Waals surface area (Å²) in [5, 5.41) is 22.6. The van der Waals surface area contributed by atoms with Crippen molar-refractivity contribution < 1.29 is 42.9 Å². The number of β-amino-alcohol motifs (C(OH)–C–C–N with tert-alkyl or cyclic N) is 1. The van der Waals surface area contributed by atoms with Gasteiger partial charge in [-0.05, 0) is 54.8 Å². The van der Waals surface area contributed by atoms with Gasteiger partial charge in [-0.25, -0.2) is 19.3 Å². The fourth-order valence-corrected chi connectivity index (χ4v) is 8.26. The minimum atomic E-state index is -0.812. The van der Waals surface area contributed by atoms with E-state index in [0.717, 1.165) is 21.7 Å². The number of nitrogens with one attached hydrogen (secondary N) is 4. The van der Waals surface area contributed by atoms with E-state index in [-0.39, 0.29) is 80.9 Å². The van der Waals surface area contributed by atoms with E-state index >= 15 is 0 Å². The summed E-state index contributed by atoms with van der Waals surface area (Å²) in [4.78, 5) is 69.5. The van der Waals surface area contributed by atoms with Crippen molar-refractivity contribution >= 4 is 74.7 Å². The highest BCUT2D eigenvalue weighted by Gasteiger charge is 2.40. The number of thiazole rings is 1. The summed E-state index contributed by atoms with van der Waals surface area (Å²) in [6.45, 7) is 7.91. The minimum Gasteiger partial charge on any atom is -0.494 e. The van der Waals surface area contributed by atoms with E-state index in [1.54, 1.807) is 35.6 Å². The first-order valence-corrected chi connectivity index (χ1v) is 23.2. The van der Waals surface area contributed by atoms with Crippen molar-refractivity contribution in [3.63, 3.8) is 0 Å². The molecular formula is C48H57ClFN9O8S. The number of halogens is 2. The van der Waals surface area contributed by atoms with Gasteiger partial charge in [0.1, 0.15) is 36.4 Å². The van der Waals surface area contributed by atoms with Gasteiger partial charge in [0.05, 0.1) is 65.3 Å². The number of carbonyl (C=O) groups excluding carboxylic acids is 4. The standard InChI is InChI=1S/C48H57ClFN9O8S/c1-30-45(68-29-55-30)32-10-8-31(9-11-32)24-51-47(64)40-20-34(60)25-59(40)44(63)23-48(2,3)27-52-43(62)26-67-18-17-66-16-15-58(4)14-6-7-42(61)57-39-21-35-38(22-41(39)65-5)53-28-54-46(35)56-33-12-13-36(49)37(50)19-33/h6-13,19,21-22,28-29,34,40,60H,14-18,20,23-27H2,1-5H3,(H,51,64)(H,52,62)(H,57,61)(H,53,54,56)/b7-6+/t34-,40+/m1/s1. The number of likely N-dealkylation sites (tertiary alicyclic amines) is 1. The largest absolute Gasteiger partial charge is 0.494 e. The lowest BCUT2D eigenvalue weighted by Crippen LogP contribution is -2.47. The number of rotatable bonds is 23. The minimum absolute atomic E-state index is 0.00220. The lowest BCUT2D eigenvalue weighted by atomic mass is 9.88. The van der Waals surface area contributed by atoms with Crippen molar-refractivity contribution in [2.75, 3.05) is 77.4 Å². The van der Waals surface area contributed by atoms with Crippen molar-refractivity contribution in [1.29, 1.82) is 0 Å². The first-order valence-electron chi connectivity index (χ1n) is 22.0. The summed E-state index contributed by atoms with van der Waals surface area (Å²) in [6, 6.07) is 14.7. The number of fused-ring (bicyclic) bond motifs is 1. The predicted molar refractivity (Wildman–Crippen MR) is 259 cm³/mol. The highest BCUT2D eigenvalue weighted by atomic mass is 35.5. The number of likely N-dealkylation sites (N-methyl/N-ethyl adjacent to an activating group) is 1. The zero-order valence-corrected chi connectivity index (χ0v) is 40.2. The van der Waals surface area contributed by atoms with Crippen molar-refractivity contribution in [2.45, 2.75) is 52.3 Å². The molecule has 0 unspecified atom stereocenters. The molecule has 0 spiro atoms. The van der Waals surface area contributed by atoms with Crippen LogP contribution in [0.25, 0.3) is 21.3 Å². The number of aryl methyl sites for hydroxylation is 1. The zero-order valence-electron chi connectivity index (χ0n) is 38.6. The van der Waals surface area contributed by atoms with Gasteiger partial charge >= 0.3 is 0 Å². The third-order valence-electron chi connectivity index (χ3n) is 11.0. The molecule has 5 N–H and O–H groups in total. The normalized spacial score (nSPS) is 15.0. The molecule has 4 amide bonds. The molecule has 0 radical (unpaired) electrons. The number of hydrogen-bond acceptors (Lipinski definition) is 14. The van der Waals surface area contributed by atoms with Gasteiger partial charge in [0, 0.05) is 68.8 Å². The lowest BCUT2D eigenvalue weighted by molar-refractivity contribution is -0.140. The molecule has 0 aliphatic carbocycles. The topological polar surface area (TPSA) is 209 Å². The van der Waals surface area contributed by atoms with E-state index in [1.807, 2.05) is 62.5 Å². The SMILES string of the molecule is COc1cc2ncnc(Nc3ccc(Cl)c(F)c3)c2cc1NC(=O)/C=C/CN(C)CCOCCOCC(=O)NCC(C)(C)CC(=O)N1C[C@H](O)C[C@H]1C(=O)NCc1ccc(-c2scnc2C)cc1. The van der Waals surface area contributed by atoms with Crippen molar-refractivity contribution in [2.24, 2.45) is 5.41 Å². The molecule has 3 aromatic carbocycles. The Bertz CT molecular complexity index is 2580. The molecule has 68 heavy (non-hydrogen) atoms. The number of carbonyl (C=O) groups is 4. The van der Waals surface area contributed by atoms with E-state index < -0.39 is 23.4 Å². The van der Waals surface area contributed by atoms with Crippen LogP contribution in [-0.2, 0) is 35.2 Å². The van der Waals surface area contributed by atoms with Gasteiger partial charge in [-0.15, -0.1) is 11.3 Å². The number of aromatic nitrogens is 3. The number of anilines is 3. The smallest absolute Gasteiger partial charge is 0.248 e. The maximum absolute atomic E-state index is 14.1. The Morgan fingerprint density at radius 3 is 2.54 bits per heavy atom. The number of aliphatic hydroxyl groups excluding tert-OH is 1. The van der Waals surface area contributed by atoms with E-state index in [9.17, 15) is 28.7 Å². The number of ether oxygens (including phenoxy) is 3. The Morgan fingerprint density at radius 1 is 1.03 bits per heavy atom. The third-order valence-corrected chi connectivity index (χ3v) is 12.3. The van der Waals surface area contributed by atoms with Crippen LogP contribution in [0.4, 0.5) is 21.6 Å². The van der Waals surface area contributed by atoms with Gasteiger partial charge in [-0.3, -0.25) is 19.2 Å². The van der Waals surface area contributed by atoms with Gasteiger partial charge in [0.25, 0.3) is 0 Å². The molecule has 362 valence electrons. The highest BCUT2D eigenvalue weighted by Crippen LogP contribution is 2.34. The number of methoxy groups -OCH3 is 1. The quantitative estimate of drug-likeness (QED) is 0.0384. The molecule has 5 aromatic rings. The predicted octanol–water partition coefficient (Wildman–Crippen LogP) is 5.88. The second-order valence-electron chi connectivity index (χ2n) is 17.1. The molecule has 2 atom stereocenters. The zero-order chi connectivity index (χ0) is 48.8. The number of amides is 4. The molecule has 20 heteroatoms. The van der Waals surface area contributed by atoms with Crippen molar-refractivity contribution in [3.8, 4) is 16.2 Å². The Labute approximate surface area is 403 Å². The molecule has 1 saturated heterocycles. The maximum atomic E-state index is 14.1. The van der Waals surface area contributed by atoms with Crippen LogP contribution in [0.15, 0.2) is 78.6 Å². The van der Waals surface area contributed by atoms with Crippen LogP contribution < -0.4 is 26.0 Å². The van der Waals surface area contributed by atoms with Crippen LogP contribution in [0, 0.1) is 18.2 Å². The van der Waals surface area contributed by atoms with Crippen molar-refractivity contribution in [1.82, 2.24) is 35.4 Å². The van der Waals surface area contributed by atoms with Crippen LogP contribution in [0.1, 0.15) is 37.9 Å². The summed E-state index contributed by atoms with van der Waals surface area (Å²) >= 11 is 7.40. The Morgan fingerprint density at radius 2 is 1.81 bits per heavy atom. The van der Waals surface area contributed by atoms with E-state index in [4.69, 9.17) is 25.8 Å². The first-order chi connectivity index (χ1) is 32.6. The summed E-state index contributed by atoms with van der Waals surface area (Å²) in [7, 11) is 3.36. The van der Waals surface area contributed by atoms with Gasteiger partial charge in [-0.1, -0.05) is 55.8 Å². The fraction of sp³-hybridized carbons (Fsp3) is 0.396. The number of aliphatic hydroxyl groups is 1. The van der Waals surface area contributed by atoms with E-state index in [2.05, 4.69) is 36.2 Å². The molecule has 1 fully saturated rings. The Kier molecular flexibility index (Phi) is 18.3. The maximum Gasteiger partial charge on any atom is 0.248 e.